The van der Waals surface area contributed by atoms with Crippen molar-refractivity contribution >= 4 is 33.6 Å². The van der Waals surface area contributed by atoms with Gasteiger partial charge in [-0.25, -0.2) is 14.8 Å². The van der Waals surface area contributed by atoms with Crippen molar-refractivity contribution in [2.75, 3.05) is 0 Å². The summed E-state index contributed by atoms with van der Waals surface area (Å²) in [5, 5.41) is 11.1. The minimum absolute atomic E-state index is 0.294. The summed E-state index contributed by atoms with van der Waals surface area (Å²) in [7, 11) is 0. The summed E-state index contributed by atoms with van der Waals surface area (Å²) in [6.45, 7) is 1.79. The van der Waals surface area contributed by atoms with Crippen molar-refractivity contribution < 1.29 is 9.90 Å². The number of hydrogen-bond donors (Lipinski definition) is 1. The molecule has 0 saturated heterocycles. The highest BCUT2D eigenvalue weighted by Gasteiger charge is 2.19. The molecule has 3 aromatic heterocycles. The number of benzene rings is 1. The molecule has 0 amide bonds. The second-order valence-corrected chi connectivity index (χ2v) is 4.93. The summed E-state index contributed by atoms with van der Waals surface area (Å²) >= 11 is 0. The second-order valence-electron chi connectivity index (χ2n) is 4.93. The number of carbonyl (C=O) groups is 1. The molecule has 4 rings (SSSR count). The first kappa shape index (κ1) is 11.8. The van der Waals surface area contributed by atoms with Gasteiger partial charge in [-0.1, -0.05) is 24.3 Å². The fourth-order valence-electron chi connectivity index (χ4n) is 2.88. The first-order chi connectivity index (χ1) is 10.2. The Morgan fingerprint density at radius 1 is 1.10 bits per heavy atom. The minimum atomic E-state index is -0.941. The number of carboxylic acids is 1. The van der Waals surface area contributed by atoms with Gasteiger partial charge in [0.1, 0.15) is 11.2 Å². The van der Waals surface area contributed by atoms with Crippen molar-refractivity contribution in [3.05, 3.63) is 53.9 Å². The van der Waals surface area contributed by atoms with E-state index in [2.05, 4.69) is 9.97 Å². The molecule has 0 unspecified atom stereocenters. The number of aromatic carboxylic acids is 1. The molecule has 0 bridgehead atoms. The minimum Gasteiger partial charge on any atom is -0.478 e. The number of aromatic nitrogens is 3. The highest BCUT2D eigenvalue weighted by atomic mass is 16.4. The molecule has 0 aliphatic rings. The Balaban J connectivity index is 2.39. The zero-order chi connectivity index (χ0) is 14.6. The summed E-state index contributed by atoms with van der Waals surface area (Å²) in [4.78, 5) is 20.6. The molecule has 0 saturated carbocycles. The Morgan fingerprint density at radius 2 is 1.86 bits per heavy atom. The molecule has 21 heavy (non-hydrogen) atoms. The zero-order valence-electron chi connectivity index (χ0n) is 11.2. The van der Waals surface area contributed by atoms with Gasteiger partial charge in [0.25, 0.3) is 0 Å². The van der Waals surface area contributed by atoms with Crippen molar-refractivity contribution in [2.45, 2.75) is 6.92 Å². The van der Waals surface area contributed by atoms with Crippen molar-refractivity contribution in [2.24, 2.45) is 0 Å². The fourth-order valence-corrected chi connectivity index (χ4v) is 2.88. The third kappa shape index (κ3) is 1.48. The lowest BCUT2D eigenvalue weighted by atomic mass is 10.0. The van der Waals surface area contributed by atoms with Crippen LogP contribution in [0, 0.1) is 6.92 Å². The van der Waals surface area contributed by atoms with Gasteiger partial charge in [0.2, 0.25) is 0 Å². The van der Waals surface area contributed by atoms with Crippen LogP contribution in [0.15, 0.2) is 42.6 Å². The number of nitrogens with zero attached hydrogens (tertiary/aromatic N) is 3. The van der Waals surface area contributed by atoms with Gasteiger partial charge >= 0.3 is 5.97 Å². The summed E-state index contributed by atoms with van der Waals surface area (Å²) in [6, 6.07) is 11.1. The molecule has 4 aromatic rings. The van der Waals surface area contributed by atoms with E-state index in [9.17, 15) is 9.90 Å². The zero-order valence-corrected chi connectivity index (χ0v) is 11.2. The van der Waals surface area contributed by atoms with Crippen LogP contribution in [0.2, 0.25) is 0 Å². The topological polar surface area (TPSA) is 67.5 Å². The van der Waals surface area contributed by atoms with Crippen LogP contribution >= 0.6 is 0 Å². The average Bonchev–Trinajstić information content (AvgIpc) is 2.87. The Kier molecular flexibility index (Phi) is 2.27. The van der Waals surface area contributed by atoms with Crippen molar-refractivity contribution in [1.82, 2.24) is 14.4 Å². The molecule has 102 valence electrons. The van der Waals surface area contributed by atoms with Crippen molar-refractivity contribution in [3.63, 3.8) is 0 Å². The van der Waals surface area contributed by atoms with Crippen LogP contribution in [-0.2, 0) is 0 Å². The number of aryl methyl sites for hydroxylation is 1. The van der Waals surface area contributed by atoms with E-state index >= 15 is 0 Å². The molecule has 0 spiro atoms. The second kappa shape index (κ2) is 4.02. The van der Waals surface area contributed by atoms with Crippen LogP contribution in [0.3, 0.4) is 0 Å². The van der Waals surface area contributed by atoms with Gasteiger partial charge in [-0.3, -0.25) is 4.40 Å². The maximum absolute atomic E-state index is 11.7. The van der Waals surface area contributed by atoms with Gasteiger partial charge in [-0.15, -0.1) is 0 Å². The van der Waals surface area contributed by atoms with Crippen LogP contribution in [-0.4, -0.2) is 25.4 Å². The van der Waals surface area contributed by atoms with Gasteiger partial charge in [-0.05, 0) is 19.1 Å². The van der Waals surface area contributed by atoms with Crippen LogP contribution in [0.25, 0.3) is 27.6 Å². The summed E-state index contributed by atoms with van der Waals surface area (Å²) < 4.78 is 1.82. The molecule has 5 nitrogen and oxygen atoms in total. The molecule has 0 atom stereocenters. The smallest absolute Gasteiger partial charge is 0.338 e. The lowest BCUT2D eigenvalue weighted by molar-refractivity contribution is 0.0697. The molecule has 0 radical (unpaired) electrons. The number of hydrogen-bond acceptors (Lipinski definition) is 3. The van der Waals surface area contributed by atoms with Gasteiger partial charge < -0.3 is 5.11 Å². The normalized spacial score (nSPS) is 11.5. The quantitative estimate of drug-likeness (QED) is 0.580. The summed E-state index contributed by atoms with van der Waals surface area (Å²) in [6.07, 6.45) is 1.69. The number of rotatable bonds is 1. The molecule has 0 aliphatic heterocycles. The third-order valence-electron chi connectivity index (χ3n) is 3.76. The highest BCUT2D eigenvalue weighted by molar-refractivity contribution is 6.10. The average molecular weight is 277 g/mol. The molecule has 1 N–H and O–H groups in total. The van der Waals surface area contributed by atoms with Crippen LogP contribution in [0.1, 0.15) is 16.1 Å². The van der Waals surface area contributed by atoms with E-state index in [1.54, 1.807) is 13.1 Å². The molecule has 0 aliphatic carbocycles. The predicted octanol–water partition coefficient (Wildman–Crippen LogP) is 3.04. The van der Waals surface area contributed by atoms with E-state index in [0.29, 0.717) is 22.3 Å². The Bertz CT molecular complexity index is 1030. The SMILES string of the molecule is Cc1c(C(=O)O)c2ccccc2c2nc3cccnc3n12. The Morgan fingerprint density at radius 3 is 2.62 bits per heavy atom. The van der Waals surface area contributed by atoms with Crippen LogP contribution < -0.4 is 0 Å². The number of fused-ring (bicyclic) bond motifs is 5. The van der Waals surface area contributed by atoms with E-state index in [4.69, 9.17) is 0 Å². The monoisotopic (exact) mass is 277 g/mol. The fraction of sp³-hybridized carbons (Fsp3) is 0.0625. The van der Waals surface area contributed by atoms with E-state index < -0.39 is 5.97 Å². The highest BCUT2D eigenvalue weighted by Crippen LogP contribution is 2.29. The van der Waals surface area contributed by atoms with Gasteiger partial charge in [0.15, 0.2) is 5.65 Å². The van der Waals surface area contributed by atoms with Gasteiger partial charge in [0, 0.05) is 22.7 Å². The van der Waals surface area contributed by atoms with Crippen LogP contribution in [0.5, 0.6) is 0 Å². The maximum atomic E-state index is 11.7. The van der Waals surface area contributed by atoms with Crippen molar-refractivity contribution in [3.8, 4) is 0 Å². The largest absolute Gasteiger partial charge is 0.478 e. The lowest BCUT2D eigenvalue weighted by Gasteiger charge is -2.10. The van der Waals surface area contributed by atoms with E-state index in [0.717, 1.165) is 16.6 Å². The van der Waals surface area contributed by atoms with E-state index in [1.165, 1.54) is 0 Å². The molecule has 0 fully saturated rings. The van der Waals surface area contributed by atoms with Gasteiger partial charge in [-0.2, -0.15) is 0 Å². The summed E-state index contributed by atoms with van der Waals surface area (Å²) in [5.41, 5.74) is 3.11. The first-order valence-corrected chi connectivity index (χ1v) is 6.56. The number of imidazole rings is 1. The molecular weight excluding hydrogens is 266 g/mol. The number of carboxylic acid groups (broad SMARTS) is 1. The summed E-state index contributed by atoms with van der Waals surface area (Å²) in [5.74, 6) is -0.941. The number of pyridine rings is 2. The first-order valence-electron chi connectivity index (χ1n) is 6.56. The van der Waals surface area contributed by atoms with E-state index in [-0.39, 0.29) is 0 Å². The molecule has 3 heterocycles. The predicted molar refractivity (Wildman–Crippen MR) is 79.7 cm³/mol. The lowest BCUT2D eigenvalue weighted by Crippen LogP contribution is -2.06. The third-order valence-corrected chi connectivity index (χ3v) is 3.76. The Hall–Kier alpha value is -2.95. The van der Waals surface area contributed by atoms with Crippen LogP contribution in [0.4, 0.5) is 0 Å². The maximum Gasteiger partial charge on any atom is 0.338 e. The standard InChI is InChI=1S/C16H11N3O2/c1-9-13(16(20)21)10-5-2-3-6-11(10)14-18-12-7-4-8-17-15(12)19(9)14/h2-8H,1H3,(H,20,21). The van der Waals surface area contributed by atoms with E-state index in [1.807, 2.05) is 40.8 Å². The van der Waals surface area contributed by atoms with Crippen molar-refractivity contribution in [1.29, 1.82) is 0 Å². The molecule has 1 aromatic carbocycles. The van der Waals surface area contributed by atoms with Gasteiger partial charge in [0.05, 0.1) is 5.56 Å². The Labute approximate surface area is 119 Å². The molecule has 5 heteroatoms. The molecular formula is C16H11N3O2.